The first-order valence-corrected chi connectivity index (χ1v) is 18.3. The minimum atomic E-state index is -2.87. The predicted molar refractivity (Wildman–Crippen MR) is 117 cm³/mol. The summed E-state index contributed by atoms with van der Waals surface area (Å²) in [6, 6.07) is 0. The van der Waals surface area contributed by atoms with Crippen LogP contribution in [0.25, 0.3) is 0 Å². The maximum absolute atomic E-state index is 7.00. The molecule has 0 aromatic rings. The van der Waals surface area contributed by atoms with Gasteiger partial charge in [0.1, 0.15) is 0 Å². The predicted octanol–water partition coefficient (Wildman–Crippen LogP) is 5.06. The van der Waals surface area contributed by atoms with Gasteiger partial charge in [0.25, 0.3) is 0 Å². The zero-order valence-electron chi connectivity index (χ0n) is 19.3. The molecule has 4 heteroatoms. The van der Waals surface area contributed by atoms with Crippen molar-refractivity contribution in [1.29, 1.82) is 0 Å². The summed E-state index contributed by atoms with van der Waals surface area (Å²) < 4.78 is 3.66. The number of hydrogen-bond acceptors (Lipinski definition) is 2. The first kappa shape index (κ1) is 25.8. The molecule has 26 heavy (non-hydrogen) atoms. The van der Waals surface area contributed by atoms with E-state index in [0.717, 1.165) is 14.2 Å². The van der Waals surface area contributed by atoms with Crippen LogP contribution in [0.5, 0.6) is 0 Å². The maximum Gasteiger partial charge on any atom is 0.0319 e. The van der Waals surface area contributed by atoms with E-state index in [1.165, 1.54) is 0 Å². The molecule has 0 fully saturated rings. The molecule has 2 aliphatic carbocycles. The second kappa shape index (κ2) is 8.88. The summed E-state index contributed by atoms with van der Waals surface area (Å²) in [6.45, 7) is 19.0. The van der Waals surface area contributed by atoms with Crippen LogP contribution in [0.4, 0.5) is 0 Å². The molecule has 2 unspecified atom stereocenters. The number of allylic oxidation sites excluding steroid dienone is 8. The minimum absolute atomic E-state index is 0.637. The van der Waals surface area contributed by atoms with Gasteiger partial charge in [0, 0.05) is 14.2 Å². The van der Waals surface area contributed by atoms with Gasteiger partial charge in [0.05, 0.1) is 0 Å². The first-order valence-electron chi connectivity index (χ1n) is 9.56. The second-order valence-corrected chi connectivity index (χ2v) is 27.6. The Morgan fingerprint density at radius 2 is 0.846 bits per heavy atom. The number of aliphatic hydroxyl groups is 2. The van der Waals surface area contributed by atoms with Gasteiger partial charge >= 0.3 is 141 Å². The SMILES string of the molecule is CC1=C(C)C(C)[C]([Ti]([CH3])([CH3])(=[SiH2])[C]2=C(C)C(C)=C(C)C2C)=C1C.CO.CO. The molecule has 2 aliphatic rings. The van der Waals surface area contributed by atoms with Crippen LogP contribution in [0.15, 0.2) is 41.2 Å². The molecule has 0 aromatic heterocycles. The fraction of sp³-hybridized carbons (Fsp3) is 0.636. The van der Waals surface area contributed by atoms with Gasteiger partial charge in [-0.1, -0.05) is 0 Å². The Balaban J connectivity index is 0.00000146. The molecule has 0 spiro atoms. The third kappa shape index (κ3) is 3.98. The number of aliphatic hydroxyl groups excluding tert-OH is 2. The van der Waals surface area contributed by atoms with Crippen molar-refractivity contribution in [3.63, 3.8) is 0 Å². The van der Waals surface area contributed by atoms with Crippen LogP contribution < -0.4 is 0 Å². The van der Waals surface area contributed by atoms with Gasteiger partial charge in [-0.25, -0.2) is 0 Å². The molecule has 2 N–H and O–H groups in total. The molecule has 2 rings (SSSR count). The molecule has 2 atom stereocenters. The Morgan fingerprint density at radius 3 is 1.00 bits per heavy atom. The first-order chi connectivity index (χ1) is 11.8. The molecule has 2 nitrogen and oxygen atoms in total. The van der Waals surface area contributed by atoms with Crippen molar-refractivity contribution in [2.45, 2.75) is 65.8 Å². The molecule has 0 aliphatic heterocycles. The van der Waals surface area contributed by atoms with Gasteiger partial charge in [-0.05, 0) is 0 Å². The van der Waals surface area contributed by atoms with Crippen molar-refractivity contribution in [2.24, 2.45) is 11.8 Å². The topological polar surface area (TPSA) is 40.5 Å². The van der Waals surface area contributed by atoms with E-state index in [1.807, 2.05) is 7.76 Å². The summed E-state index contributed by atoms with van der Waals surface area (Å²) >= 11 is -2.87. The molecule has 0 heterocycles. The van der Waals surface area contributed by atoms with Crippen LogP contribution in [0, 0.1) is 11.8 Å². The van der Waals surface area contributed by atoms with E-state index in [2.05, 4.69) is 73.5 Å². The molecule has 0 saturated carbocycles. The van der Waals surface area contributed by atoms with Crippen LogP contribution in [-0.2, 0) is 14.0 Å². The summed E-state index contributed by atoms with van der Waals surface area (Å²) in [5, 5.41) is 19.3. The van der Waals surface area contributed by atoms with Gasteiger partial charge < -0.3 is 10.2 Å². The quantitative estimate of drug-likeness (QED) is 0.620. The summed E-state index contributed by atoms with van der Waals surface area (Å²) in [4.78, 5) is 0. The van der Waals surface area contributed by atoms with Crippen molar-refractivity contribution in [2.75, 3.05) is 14.2 Å². The average Bonchev–Trinajstić information content (AvgIpc) is 2.91. The largest absolute Gasteiger partial charge is 0.400 e. The zero-order chi connectivity index (χ0) is 21.2. The van der Waals surface area contributed by atoms with E-state index in [1.54, 1.807) is 33.4 Å². The van der Waals surface area contributed by atoms with E-state index in [0.29, 0.717) is 11.8 Å². The van der Waals surface area contributed by atoms with E-state index in [4.69, 9.17) is 10.2 Å². The summed E-state index contributed by atoms with van der Waals surface area (Å²) in [5.74, 6) is 1.27. The number of rotatable bonds is 2. The third-order valence-corrected chi connectivity index (χ3v) is 18.1. The van der Waals surface area contributed by atoms with Crippen molar-refractivity contribution in [3.8, 4) is 0 Å². The Bertz CT molecular complexity index is 699. The molecule has 0 saturated heterocycles. The Kier molecular flexibility index (Phi) is 8.81. The molecule has 0 aromatic carbocycles. The monoisotopic (exact) mass is 414 g/mol. The Morgan fingerprint density at radius 1 is 0.615 bits per heavy atom. The summed E-state index contributed by atoms with van der Waals surface area (Å²) in [6.07, 6.45) is 0. The maximum atomic E-state index is 7.00. The van der Waals surface area contributed by atoms with Crippen LogP contribution >= 0.6 is 0 Å². The minimum Gasteiger partial charge on any atom is -0.400 e. The fourth-order valence-electron chi connectivity index (χ4n) is 5.46. The number of hydrogen-bond donors (Lipinski definition) is 2. The fourth-order valence-corrected chi connectivity index (χ4v) is 20.0. The molecule has 0 bridgehead atoms. The van der Waals surface area contributed by atoms with E-state index >= 15 is 0 Å². The standard InChI is InChI=1S/2C9H13.2CH4O.2CH3.H2Si.Ti/c2*1-6-5-7(2)9(4)8(6)3;2*1-2;;;;/h2*6H,1-4H3;2*2H,1H3;2*1H3;1H2;. The van der Waals surface area contributed by atoms with Crippen LogP contribution in [0.1, 0.15) is 55.4 Å². The van der Waals surface area contributed by atoms with Crippen molar-refractivity contribution < 1.29 is 24.3 Å². The van der Waals surface area contributed by atoms with Crippen molar-refractivity contribution >= 4 is 7.63 Å². The van der Waals surface area contributed by atoms with Gasteiger partial charge in [-0.2, -0.15) is 0 Å². The smallest absolute Gasteiger partial charge is 0.0319 e. The van der Waals surface area contributed by atoms with Gasteiger partial charge in [0.15, 0.2) is 0 Å². The molecule has 150 valence electrons. The van der Waals surface area contributed by atoms with E-state index in [9.17, 15) is 0 Å². The Hall–Kier alpha value is -0.189. The Labute approximate surface area is 164 Å². The third-order valence-electron chi connectivity index (χ3n) is 7.01. The average molecular weight is 415 g/mol. The van der Waals surface area contributed by atoms with Crippen molar-refractivity contribution in [3.05, 3.63) is 41.2 Å². The molecular formula is C22H42O2SiTi. The van der Waals surface area contributed by atoms with Gasteiger partial charge in [0.2, 0.25) is 0 Å². The molecule has 0 amide bonds. The zero-order valence-corrected chi connectivity index (χ0v) is 22.2. The van der Waals surface area contributed by atoms with Crippen molar-refractivity contribution in [1.82, 2.24) is 0 Å². The van der Waals surface area contributed by atoms with Crippen LogP contribution in [-0.4, -0.2) is 32.1 Å². The van der Waals surface area contributed by atoms with Crippen LogP contribution in [0.2, 0.25) is 10.5 Å². The summed E-state index contributed by atoms with van der Waals surface area (Å²) in [5.41, 5.74) is 9.53. The second-order valence-electron chi connectivity index (χ2n) is 8.82. The molecular weight excluding hydrogens is 372 g/mol. The molecule has 0 radical (unpaired) electrons. The van der Waals surface area contributed by atoms with E-state index < -0.39 is 14.0 Å². The normalized spacial score (nSPS) is 24.0. The van der Waals surface area contributed by atoms with Crippen LogP contribution in [0.3, 0.4) is 0 Å². The summed E-state index contributed by atoms with van der Waals surface area (Å²) in [7, 11) is 4.39. The van der Waals surface area contributed by atoms with E-state index in [-0.39, 0.29) is 0 Å². The van der Waals surface area contributed by atoms with Gasteiger partial charge in [-0.15, -0.1) is 0 Å². The van der Waals surface area contributed by atoms with Gasteiger partial charge in [-0.3, -0.25) is 0 Å².